The molecule has 0 bridgehead atoms. The van der Waals surface area contributed by atoms with Gasteiger partial charge in [-0.1, -0.05) is 6.07 Å². The molecule has 0 aliphatic heterocycles. The molecule has 1 aromatic heterocycles. The van der Waals surface area contributed by atoms with E-state index in [0.29, 0.717) is 17.6 Å². The SMILES string of the molecule is CNc1cc(C)nc(-c2cccc(C(F)(F)F)c2F)n1. The summed E-state index contributed by atoms with van der Waals surface area (Å²) in [4.78, 5) is 7.95. The maximum atomic E-state index is 14.0. The molecule has 0 saturated carbocycles. The summed E-state index contributed by atoms with van der Waals surface area (Å²) in [6.45, 7) is 1.65. The Morgan fingerprint density at radius 3 is 2.45 bits per heavy atom. The average Bonchev–Trinajstić information content (AvgIpc) is 2.36. The summed E-state index contributed by atoms with van der Waals surface area (Å²) >= 11 is 0. The number of nitrogens with one attached hydrogen (secondary N) is 1. The molecule has 7 heteroatoms. The second-order valence-electron chi connectivity index (χ2n) is 4.13. The second-order valence-corrected chi connectivity index (χ2v) is 4.13. The van der Waals surface area contributed by atoms with E-state index in [2.05, 4.69) is 15.3 Å². The van der Waals surface area contributed by atoms with Gasteiger partial charge in [0.2, 0.25) is 0 Å². The van der Waals surface area contributed by atoms with Gasteiger partial charge in [-0.3, -0.25) is 0 Å². The second kappa shape index (κ2) is 5.07. The van der Waals surface area contributed by atoms with Gasteiger partial charge in [0.15, 0.2) is 5.82 Å². The number of hydrogen-bond donors (Lipinski definition) is 1. The fraction of sp³-hybridized carbons (Fsp3) is 0.231. The highest BCUT2D eigenvalue weighted by atomic mass is 19.4. The number of aromatic nitrogens is 2. The van der Waals surface area contributed by atoms with E-state index in [1.807, 2.05) is 0 Å². The third-order valence-corrected chi connectivity index (χ3v) is 2.66. The van der Waals surface area contributed by atoms with Gasteiger partial charge >= 0.3 is 6.18 Å². The quantitative estimate of drug-likeness (QED) is 0.856. The molecule has 20 heavy (non-hydrogen) atoms. The van der Waals surface area contributed by atoms with Gasteiger partial charge in [0, 0.05) is 18.8 Å². The number of anilines is 1. The molecule has 0 aliphatic carbocycles. The number of benzene rings is 1. The van der Waals surface area contributed by atoms with Gasteiger partial charge in [0.1, 0.15) is 11.6 Å². The largest absolute Gasteiger partial charge is 0.419 e. The van der Waals surface area contributed by atoms with Crippen molar-refractivity contribution < 1.29 is 17.6 Å². The van der Waals surface area contributed by atoms with Crippen molar-refractivity contribution >= 4 is 5.82 Å². The highest BCUT2D eigenvalue weighted by Crippen LogP contribution is 2.34. The monoisotopic (exact) mass is 285 g/mol. The van der Waals surface area contributed by atoms with E-state index < -0.39 is 17.6 Å². The summed E-state index contributed by atoms with van der Waals surface area (Å²) in [6, 6.07) is 4.65. The molecule has 1 heterocycles. The van der Waals surface area contributed by atoms with Crippen molar-refractivity contribution in [2.45, 2.75) is 13.1 Å². The minimum Gasteiger partial charge on any atom is -0.373 e. The Bertz CT molecular complexity index is 638. The molecular formula is C13H11F4N3. The average molecular weight is 285 g/mol. The van der Waals surface area contributed by atoms with E-state index in [1.54, 1.807) is 20.0 Å². The van der Waals surface area contributed by atoms with Crippen LogP contribution >= 0.6 is 0 Å². The van der Waals surface area contributed by atoms with Gasteiger partial charge in [0.05, 0.1) is 11.1 Å². The molecular weight excluding hydrogens is 274 g/mol. The Labute approximate surface area is 112 Å². The van der Waals surface area contributed by atoms with Crippen LogP contribution < -0.4 is 5.32 Å². The Kier molecular flexibility index (Phi) is 3.61. The molecule has 0 saturated heterocycles. The third kappa shape index (κ3) is 2.71. The Morgan fingerprint density at radius 1 is 1.15 bits per heavy atom. The first-order valence-corrected chi connectivity index (χ1v) is 5.72. The number of alkyl halides is 3. The molecule has 0 spiro atoms. The van der Waals surface area contributed by atoms with Crippen LogP contribution in [-0.2, 0) is 6.18 Å². The van der Waals surface area contributed by atoms with Crippen LogP contribution in [0.3, 0.4) is 0 Å². The van der Waals surface area contributed by atoms with E-state index in [-0.39, 0.29) is 11.4 Å². The Morgan fingerprint density at radius 2 is 1.85 bits per heavy atom. The van der Waals surface area contributed by atoms with E-state index >= 15 is 0 Å². The number of aryl methyl sites for hydroxylation is 1. The standard InChI is InChI=1S/C13H11F4N3/c1-7-6-10(18-2)20-12(19-7)8-4-3-5-9(11(8)14)13(15,16)17/h3-6H,1-2H3,(H,18,19,20). The number of halogens is 4. The zero-order valence-corrected chi connectivity index (χ0v) is 10.7. The topological polar surface area (TPSA) is 37.8 Å². The third-order valence-electron chi connectivity index (χ3n) is 2.66. The van der Waals surface area contributed by atoms with E-state index in [0.717, 1.165) is 6.07 Å². The predicted octanol–water partition coefficient (Wildman–Crippen LogP) is 3.65. The highest BCUT2D eigenvalue weighted by Gasteiger charge is 2.35. The summed E-state index contributed by atoms with van der Waals surface area (Å²) in [5, 5.41) is 2.75. The highest BCUT2D eigenvalue weighted by molar-refractivity contribution is 5.60. The van der Waals surface area contributed by atoms with Gasteiger partial charge in [-0.25, -0.2) is 14.4 Å². The van der Waals surface area contributed by atoms with Crippen LogP contribution in [0.5, 0.6) is 0 Å². The molecule has 1 N–H and O–H groups in total. The molecule has 1 aromatic carbocycles. The van der Waals surface area contributed by atoms with Crippen LogP contribution in [0, 0.1) is 12.7 Å². The summed E-state index contributed by atoms with van der Waals surface area (Å²) in [7, 11) is 1.61. The summed E-state index contributed by atoms with van der Waals surface area (Å²) in [5.74, 6) is -1.05. The van der Waals surface area contributed by atoms with Crippen molar-refractivity contribution in [2.75, 3.05) is 12.4 Å². The minimum absolute atomic E-state index is 0.0852. The molecule has 3 nitrogen and oxygen atoms in total. The van der Waals surface area contributed by atoms with Crippen molar-refractivity contribution in [1.29, 1.82) is 0 Å². The summed E-state index contributed by atoms with van der Waals surface area (Å²) in [5.41, 5.74) is -1.08. The number of nitrogens with zero attached hydrogens (tertiary/aromatic N) is 2. The molecule has 0 aliphatic rings. The van der Waals surface area contributed by atoms with Gasteiger partial charge in [0.25, 0.3) is 0 Å². The van der Waals surface area contributed by atoms with Crippen LogP contribution in [0.25, 0.3) is 11.4 Å². The molecule has 2 aromatic rings. The summed E-state index contributed by atoms with van der Waals surface area (Å²) in [6.07, 6.45) is -4.75. The van der Waals surface area contributed by atoms with Gasteiger partial charge in [-0.15, -0.1) is 0 Å². The Balaban J connectivity index is 2.62. The lowest BCUT2D eigenvalue weighted by Gasteiger charge is -2.11. The number of rotatable bonds is 2. The molecule has 106 valence electrons. The normalized spacial score (nSPS) is 11.5. The maximum Gasteiger partial charge on any atom is 0.419 e. The number of hydrogen-bond acceptors (Lipinski definition) is 3. The predicted molar refractivity (Wildman–Crippen MR) is 66.7 cm³/mol. The van der Waals surface area contributed by atoms with Crippen molar-refractivity contribution in [3.8, 4) is 11.4 Å². The van der Waals surface area contributed by atoms with E-state index in [1.165, 1.54) is 6.07 Å². The van der Waals surface area contributed by atoms with Crippen molar-refractivity contribution in [1.82, 2.24) is 9.97 Å². The van der Waals surface area contributed by atoms with Crippen molar-refractivity contribution in [2.24, 2.45) is 0 Å². The lowest BCUT2D eigenvalue weighted by molar-refractivity contribution is -0.139. The van der Waals surface area contributed by atoms with Crippen molar-refractivity contribution in [3.05, 3.63) is 41.3 Å². The Hall–Kier alpha value is -2.18. The van der Waals surface area contributed by atoms with Gasteiger partial charge < -0.3 is 5.32 Å². The van der Waals surface area contributed by atoms with E-state index in [9.17, 15) is 17.6 Å². The van der Waals surface area contributed by atoms with E-state index in [4.69, 9.17) is 0 Å². The van der Waals surface area contributed by atoms with Crippen LogP contribution in [0.15, 0.2) is 24.3 Å². The lowest BCUT2D eigenvalue weighted by Crippen LogP contribution is -2.09. The van der Waals surface area contributed by atoms with Crippen LogP contribution in [0.2, 0.25) is 0 Å². The molecule has 0 amide bonds. The first-order valence-electron chi connectivity index (χ1n) is 5.72. The maximum absolute atomic E-state index is 14.0. The molecule has 0 atom stereocenters. The zero-order valence-electron chi connectivity index (χ0n) is 10.7. The lowest BCUT2D eigenvalue weighted by atomic mass is 10.1. The zero-order chi connectivity index (χ0) is 14.9. The first kappa shape index (κ1) is 14.2. The smallest absolute Gasteiger partial charge is 0.373 e. The molecule has 0 radical (unpaired) electrons. The van der Waals surface area contributed by atoms with Crippen LogP contribution in [0.1, 0.15) is 11.3 Å². The van der Waals surface area contributed by atoms with Crippen LogP contribution in [0.4, 0.5) is 23.4 Å². The van der Waals surface area contributed by atoms with Crippen LogP contribution in [-0.4, -0.2) is 17.0 Å². The van der Waals surface area contributed by atoms with Gasteiger partial charge in [-0.2, -0.15) is 13.2 Å². The minimum atomic E-state index is -4.75. The van der Waals surface area contributed by atoms with Gasteiger partial charge in [-0.05, 0) is 19.1 Å². The molecule has 0 unspecified atom stereocenters. The molecule has 2 rings (SSSR count). The fourth-order valence-corrected chi connectivity index (χ4v) is 1.74. The fourth-order valence-electron chi connectivity index (χ4n) is 1.74. The summed E-state index contributed by atoms with van der Waals surface area (Å²) < 4.78 is 52.0. The first-order chi connectivity index (χ1) is 9.32. The van der Waals surface area contributed by atoms with Crippen molar-refractivity contribution in [3.63, 3.8) is 0 Å². The molecule has 0 fully saturated rings.